The lowest BCUT2D eigenvalue weighted by atomic mass is 10.0. The Bertz CT molecular complexity index is 1400. The van der Waals surface area contributed by atoms with Gasteiger partial charge in [-0.15, -0.1) is 0 Å². The predicted molar refractivity (Wildman–Crippen MR) is 114 cm³/mol. The van der Waals surface area contributed by atoms with Gasteiger partial charge >= 0.3 is 0 Å². The van der Waals surface area contributed by atoms with Crippen molar-refractivity contribution in [1.29, 1.82) is 0 Å². The van der Waals surface area contributed by atoms with Gasteiger partial charge in [0.15, 0.2) is 0 Å². The second kappa shape index (κ2) is 6.49. The quantitative estimate of drug-likeness (QED) is 0.440. The van der Waals surface area contributed by atoms with Crippen molar-refractivity contribution in [2.75, 3.05) is 12.8 Å². The van der Waals surface area contributed by atoms with E-state index in [1.807, 2.05) is 54.6 Å². The summed E-state index contributed by atoms with van der Waals surface area (Å²) in [6.07, 6.45) is 1.68. The Kier molecular flexibility index (Phi) is 3.80. The summed E-state index contributed by atoms with van der Waals surface area (Å²) < 4.78 is 5.37. The van der Waals surface area contributed by atoms with Gasteiger partial charge in [-0.25, -0.2) is 9.97 Å². The molecule has 5 aromatic rings. The zero-order valence-corrected chi connectivity index (χ0v) is 15.6. The Hall–Kier alpha value is -4.13. The van der Waals surface area contributed by atoms with E-state index in [0.29, 0.717) is 28.5 Å². The summed E-state index contributed by atoms with van der Waals surface area (Å²) in [5.41, 5.74) is 10.9. The number of hydrogen-bond donors (Lipinski definition) is 3. The van der Waals surface area contributed by atoms with Crippen molar-refractivity contribution in [2.45, 2.75) is 0 Å². The molecule has 0 bridgehead atoms. The van der Waals surface area contributed by atoms with Gasteiger partial charge in [-0.3, -0.25) is 4.79 Å². The van der Waals surface area contributed by atoms with Crippen LogP contribution in [0.2, 0.25) is 0 Å². The smallest absolute Gasteiger partial charge is 0.261 e. The number of fused-ring (bicyclic) bond motifs is 2. The van der Waals surface area contributed by atoms with Gasteiger partial charge in [0.1, 0.15) is 11.4 Å². The van der Waals surface area contributed by atoms with Crippen LogP contribution >= 0.6 is 0 Å². The third-order valence-electron chi connectivity index (χ3n) is 4.96. The predicted octanol–water partition coefficient (Wildman–Crippen LogP) is 3.72. The molecule has 0 spiro atoms. The van der Waals surface area contributed by atoms with E-state index in [1.165, 1.54) is 0 Å². The lowest BCUT2D eigenvalue weighted by Gasteiger charge is -2.11. The van der Waals surface area contributed by atoms with Gasteiger partial charge in [0.25, 0.3) is 5.56 Å². The third kappa shape index (κ3) is 2.71. The maximum Gasteiger partial charge on any atom is 0.261 e. The highest BCUT2D eigenvalue weighted by atomic mass is 16.5. The molecule has 0 atom stereocenters. The summed E-state index contributed by atoms with van der Waals surface area (Å²) in [6.45, 7) is 0. The number of pyridine rings is 2. The number of hydrogen-bond acceptors (Lipinski definition) is 5. The van der Waals surface area contributed by atoms with Gasteiger partial charge in [-0.1, -0.05) is 18.2 Å². The molecule has 7 nitrogen and oxygen atoms in total. The fourth-order valence-electron chi connectivity index (χ4n) is 3.56. The van der Waals surface area contributed by atoms with Gasteiger partial charge in [0.2, 0.25) is 5.88 Å². The minimum absolute atomic E-state index is 0.291. The van der Waals surface area contributed by atoms with E-state index in [0.717, 1.165) is 27.5 Å². The first-order chi connectivity index (χ1) is 14.2. The first-order valence-corrected chi connectivity index (χ1v) is 9.05. The second-order valence-corrected chi connectivity index (χ2v) is 6.67. The number of anilines is 1. The summed E-state index contributed by atoms with van der Waals surface area (Å²) in [7, 11) is 1.58. The van der Waals surface area contributed by atoms with Crippen LogP contribution < -0.4 is 16.0 Å². The van der Waals surface area contributed by atoms with Crippen molar-refractivity contribution in [1.82, 2.24) is 19.9 Å². The molecule has 0 unspecified atom stereocenters. The van der Waals surface area contributed by atoms with Crippen LogP contribution in [-0.4, -0.2) is 27.0 Å². The number of nitrogens with one attached hydrogen (secondary N) is 2. The Labute approximate surface area is 165 Å². The number of aromatic amines is 2. The Balaban J connectivity index is 1.75. The average Bonchev–Trinajstić information content (AvgIpc) is 3.17. The minimum Gasteiger partial charge on any atom is -0.481 e. The number of nitrogen functional groups attached to an aromatic ring is 1. The number of ether oxygens (including phenoxy) is 1. The summed E-state index contributed by atoms with van der Waals surface area (Å²) in [5, 5.41) is 0.725. The number of nitrogens with two attached hydrogens (primary N) is 1. The molecular weight excluding hydrogens is 366 g/mol. The number of H-pyrrole nitrogens is 2. The minimum atomic E-state index is -0.291. The molecule has 4 N–H and O–H groups in total. The number of methoxy groups -OCH3 is 1. The number of rotatable bonds is 3. The number of benzene rings is 2. The van der Waals surface area contributed by atoms with Crippen molar-refractivity contribution in [3.05, 3.63) is 71.1 Å². The van der Waals surface area contributed by atoms with Gasteiger partial charge in [0.05, 0.1) is 29.3 Å². The van der Waals surface area contributed by atoms with Crippen LogP contribution in [0.5, 0.6) is 5.88 Å². The first-order valence-electron chi connectivity index (χ1n) is 9.05. The molecule has 142 valence electrons. The van der Waals surface area contributed by atoms with Crippen LogP contribution in [0.4, 0.5) is 5.69 Å². The maximum absolute atomic E-state index is 12.8. The molecule has 5 rings (SSSR count). The number of nitrogens with zero attached hydrogens (tertiary/aromatic N) is 2. The van der Waals surface area contributed by atoms with E-state index >= 15 is 0 Å². The monoisotopic (exact) mass is 383 g/mol. The Morgan fingerprint density at radius 2 is 1.86 bits per heavy atom. The molecule has 0 amide bonds. The van der Waals surface area contributed by atoms with E-state index < -0.39 is 0 Å². The fourth-order valence-corrected chi connectivity index (χ4v) is 3.56. The molecule has 3 heterocycles. The van der Waals surface area contributed by atoms with Crippen LogP contribution in [0.15, 0.2) is 65.6 Å². The molecule has 0 aliphatic heterocycles. The van der Waals surface area contributed by atoms with E-state index in [4.69, 9.17) is 10.5 Å². The standard InChI is InChI=1S/C22H17N5O2/c1-29-22-13(5-4-10-24-22)12-8-9-15-14(11-12)19(23)18(21(28)27-15)20-25-16-6-2-3-7-17(16)26-20/h2-11H,1H3,(H,25,26)(H3,23,27,28). The van der Waals surface area contributed by atoms with Crippen LogP contribution in [0.1, 0.15) is 0 Å². The molecule has 3 aromatic heterocycles. The summed E-state index contributed by atoms with van der Waals surface area (Å²) in [6, 6.07) is 17.0. The molecule has 0 saturated carbocycles. The number of imidazole rings is 1. The second-order valence-electron chi connectivity index (χ2n) is 6.67. The first kappa shape index (κ1) is 17.0. The van der Waals surface area contributed by atoms with Crippen LogP contribution in [0, 0.1) is 0 Å². The Morgan fingerprint density at radius 3 is 2.69 bits per heavy atom. The van der Waals surface area contributed by atoms with Gasteiger partial charge in [-0.05, 0) is 42.0 Å². The SMILES string of the molecule is COc1ncccc1-c1ccc2[nH]c(=O)c(-c3nc4ccccc4[nH]3)c(N)c2c1. The van der Waals surface area contributed by atoms with Gasteiger partial charge in [-0.2, -0.15) is 0 Å². The topological polar surface area (TPSA) is 110 Å². The maximum atomic E-state index is 12.8. The molecule has 2 aromatic carbocycles. The fraction of sp³-hybridized carbons (Fsp3) is 0.0455. The molecule has 7 heteroatoms. The van der Waals surface area contributed by atoms with E-state index in [2.05, 4.69) is 19.9 Å². The molecule has 0 saturated heterocycles. The zero-order chi connectivity index (χ0) is 20.0. The number of para-hydroxylation sites is 2. The van der Waals surface area contributed by atoms with E-state index in [9.17, 15) is 4.79 Å². The highest BCUT2D eigenvalue weighted by Crippen LogP contribution is 2.33. The highest BCUT2D eigenvalue weighted by molar-refractivity contribution is 6.00. The largest absolute Gasteiger partial charge is 0.481 e. The molecule has 0 aliphatic carbocycles. The molecule has 0 fully saturated rings. The van der Waals surface area contributed by atoms with Crippen molar-refractivity contribution in [3.8, 4) is 28.4 Å². The van der Waals surface area contributed by atoms with Crippen molar-refractivity contribution in [2.24, 2.45) is 0 Å². The van der Waals surface area contributed by atoms with Crippen molar-refractivity contribution in [3.63, 3.8) is 0 Å². The van der Waals surface area contributed by atoms with Crippen LogP contribution in [-0.2, 0) is 0 Å². The summed E-state index contributed by atoms with van der Waals surface area (Å²) in [5.74, 6) is 0.962. The van der Waals surface area contributed by atoms with Gasteiger partial charge < -0.3 is 20.4 Å². The summed E-state index contributed by atoms with van der Waals surface area (Å²) >= 11 is 0. The average molecular weight is 383 g/mol. The van der Waals surface area contributed by atoms with Crippen LogP contribution in [0.3, 0.4) is 0 Å². The summed E-state index contributed by atoms with van der Waals surface area (Å²) in [4.78, 5) is 27.6. The third-order valence-corrected chi connectivity index (χ3v) is 4.96. The van der Waals surface area contributed by atoms with E-state index in [1.54, 1.807) is 13.3 Å². The van der Waals surface area contributed by atoms with E-state index in [-0.39, 0.29) is 5.56 Å². The lowest BCUT2D eigenvalue weighted by Crippen LogP contribution is -2.13. The number of aromatic nitrogens is 4. The molecule has 0 aliphatic rings. The zero-order valence-electron chi connectivity index (χ0n) is 15.6. The highest BCUT2D eigenvalue weighted by Gasteiger charge is 2.17. The normalized spacial score (nSPS) is 11.2. The van der Waals surface area contributed by atoms with Crippen LogP contribution in [0.25, 0.3) is 44.5 Å². The van der Waals surface area contributed by atoms with Crippen molar-refractivity contribution < 1.29 is 4.74 Å². The Morgan fingerprint density at radius 1 is 1.00 bits per heavy atom. The van der Waals surface area contributed by atoms with Crippen molar-refractivity contribution >= 4 is 27.6 Å². The molecular formula is C22H17N5O2. The molecule has 0 radical (unpaired) electrons. The van der Waals surface area contributed by atoms with Gasteiger partial charge in [0, 0.05) is 17.1 Å². The molecule has 29 heavy (non-hydrogen) atoms. The lowest BCUT2D eigenvalue weighted by molar-refractivity contribution is 0.399.